The second kappa shape index (κ2) is 5.15. The second-order valence-electron chi connectivity index (χ2n) is 3.78. The molecule has 2 aromatic rings. The minimum atomic E-state index is 0.493. The monoisotopic (exact) mass is 248 g/mol. The Morgan fingerprint density at radius 3 is 2.94 bits per heavy atom. The summed E-state index contributed by atoms with van der Waals surface area (Å²) in [5.74, 6) is 1.00. The molecular weight excluding hydrogens is 236 g/mol. The molecule has 0 bridgehead atoms. The number of aromatic nitrogens is 2. The van der Waals surface area contributed by atoms with E-state index in [0.717, 1.165) is 30.6 Å². The summed E-state index contributed by atoms with van der Waals surface area (Å²) in [6.07, 6.45) is 5.23. The molecular formula is C13H13ClN2O. The minimum absolute atomic E-state index is 0.493. The highest BCUT2D eigenvalue weighted by molar-refractivity contribution is 6.33. The largest absolute Gasteiger partial charge is 0.335 e. The van der Waals surface area contributed by atoms with Crippen molar-refractivity contribution in [3.63, 3.8) is 0 Å². The second-order valence-corrected chi connectivity index (χ2v) is 4.19. The summed E-state index contributed by atoms with van der Waals surface area (Å²) in [7, 11) is 0. The highest BCUT2D eigenvalue weighted by Crippen LogP contribution is 2.18. The Kier molecular flexibility index (Phi) is 3.59. The lowest BCUT2D eigenvalue weighted by molar-refractivity contribution is 0.112. The van der Waals surface area contributed by atoms with Gasteiger partial charge in [-0.1, -0.05) is 17.7 Å². The summed E-state index contributed by atoms with van der Waals surface area (Å²) in [5.41, 5.74) is 1.58. The van der Waals surface area contributed by atoms with Gasteiger partial charge in [-0.25, -0.2) is 4.98 Å². The van der Waals surface area contributed by atoms with Crippen molar-refractivity contribution in [3.05, 3.63) is 52.6 Å². The van der Waals surface area contributed by atoms with E-state index in [1.165, 1.54) is 0 Å². The number of carbonyl (C=O) groups excluding carboxylic acids is 1. The smallest absolute Gasteiger partial charge is 0.151 e. The van der Waals surface area contributed by atoms with E-state index in [2.05, 4.69) is 16.5 Å². The van der Waals surface area contributed by atoms with E-state index in [9.17, 15) is 4.79 Å². The van der Waals surface area contributed by atoms with E-state index in [1.807, 2.05) is 18.3 Å². The van der Waals surface area contributed by atoms with Crippen LogP contribution in [0.1, 0.15) is 28.7 Å². The van der Waals surface area contributed by atoms with Gasteiger partial charge in [0, 0.05) is 30.9 Å². The zero-order valence-corrected chi connectivity index (χ0v) is 10.3. The Morgan fingerprint density at radius 1 is 1.47 bits per heavy atom. The quantitative estimate of drug-likeness (QED) is 0.780. The standard InChI is InChI=1S/C13H13ClN2O/c1-2-16-6-5-15-13(16)8-10-3-4-11(9-17)12(14)7-10/h3-7,9H,2,8H2,1H3. The maximum atomic E-state index is 10.7. The molecule has 1 heterocycles. The average Bonchev–Trinajstić information content (AvgIpc) is 2.76. The Morgan fingerprint density at radius 2 is 2.29 bits per heavy atom. The number of benzene rings is 1. The molecule has 0 saturated heterocycles. The Labute approximate surface area is 105 Å². The molecule has 1 aromatic carbocycles. The number of halogens is 1. The van der Waals surface area contributed by atoms with Crippen molar-refractivity contribution in [1.29, 1.82) is 0 Å². The summed E-state index contributed by atoms with van der Waals surface area (Å²) in [6, 6.07) is 5.47. The van der Waals surface area contributed by atoms with Crippen LogP contribution >= 0.6 is 11.6 Å². The predicted octanol–water partition coefficient (Wildman–Crippen LogP) is 2.96. The number of aryl methyl sites for hydroxylation is 1. The van der Waals surface area contributed by atoms with Crippen LogP contribution in [0.2, 0.25) is 5.02 Å². The van der Waals surface area contributed by atoms with E-state index < -0.39 is 0 Å². The molecule has 17 heavy (non-hydrogen) atoms. The molecule has 0 amide bonds. The highest BCUT2D eigenvalue weighted by atomic mass is 35.5. The van der Waals surface area contributed by atoms with Crippen molar-refractivity contribution in [2.45, 2.75) is 19.9 Å². The van der Waals surface area contributed by atoms with Gasteiger partial charge in [0.05, 0.1) is 5.02 Å². The summed E-state index contributed by atoms with van der Waals surface area (Å²) in [6.45, 7) is 2.98. The summed E-state index contributed by atoms with van der Waals surface area (Å²) in [5, 5.41) is 0.493. The molecule has 0 atom stereocenters. The molecule has 0 fully saturated rings. The van der Waals surface area contributed by atoms with E-state index in [1.54, 1.807) is 12.3 Å². The fourth-order valence-electron chi connectivity index (χ4n) is 1.75. The van der Waals surface area contributed by atoms with Crippen molar-refractivity contribution in [1.82, 2.24) is 9.55 Å². The lowest BCUT2D eigenvalue weighted by Gasteiger charge is -2.06. The van der Waals surface area contributed by atoms with E-state index >= 15 is 0 Å². The van der Waals surface area contributed by atoms with Crippen LogP contribution in [0.25, 0.3) is 0 Å². The third-order valence-corrected chi connectivity index (χ3v) is 3.02. The summed E-state index contributed by atoms with van der Waals surface area (Å²) >= 11 is 5.98. The van der Waals surface area contributed by atoms with Crippen LogP contribution in [0.5, 0.6) is 0 Å². The number of carbonyl (C=O) groups is 1. The van der Waals surface area contributed by atoms with Crippen LogP contribution in [-0.2, 0) is 13.0 Å². The number of imidazole rings is 1. The fraction of sp³-hybridized carbons (Fsp3) is 0.231. The third-order valence-electron chi connectivity index (χ3n) is 2.70. The van der Waals surface area contributed by atoms with Gasteiger partial charge in [0.1, 0.15) is 5.82 Å². The van der Waals surface area contributed by atoms with Gasteiger partial charge in [-0.2, -0.15) is 0 Å². The van der Waals surface area contributed by atoms with Gasteiger partial charge < -0.3 is 4.57 Å². The zero-order chi connectivity index (χ0) is 12.3. The molecule has 0 unspecified atom stereocenters. The van der Waals surface area contributed by atoms with Gasteiger partial charge >= 0.3 is 0 Å². The number of hydrogen-bond acceptors (Lipinski definition) is 2. The predicted molar refractivity (Wildman–Crippen MR) is 67.5 cm³/mol. The van der Waals surface area contributed by atoms with Gasteiger partial charge in [0.2, 0.25) is 0 Å². The average molecular weight is 249 g/mol. The molecule has 88 valence electrons. The van der Waals surface area contributed by atoms with Crippen molar-refractivity contribution < 1.29 is 4.79 Å². The van der Waals surface area contributed by atoms with Crippen LogP contribution in [-0.4, -0.2) is 15.8 Å². The SMILES string of the molecule is CCn1ccnc1Cc1ccc(C=O)c(Cl)c1. The molecule has 0 radical (unpaired) electrons. The van der Waals surface area contributed by atoms with Crippen LogP contribution < -0.4 is 0 Å². The van der Waals surface area contributed by atoms with Crippen LogP contribution in [0, 0.1) is 0 Å². The van der Waals surface area contributed by atoms with Crippen molar-refractivity contribution in [2.24, 2.45) is 0 Å². The van der Waals surface area contributed by atoms with Gasteiger partial charge in [-0.15, -0.1) is 0 Å². The molecule has 0 spiro atoms. The number of rotatable bonds is 4. The third kappa shape index (κ3) is 2.56. The zero-order valence-electron chi connectivity index (χ0n) is 9.56. The van der Waals surface area contributed by atoms with E-state index in [4.69, 9.17) is 11.6 Å². The first-order valence-corrected chi connectivity index (χ1v) is 5.86. The molecule has 2 rings (SSSR count). The maximum Gasteiger partial charge on any atom is 0.151 e. The Bertz CT molecular complexity index is 534. The van der Waals surface area contributed by atoms with Crippen LogP contribution in [0.4, 0.5) is 0 Å². The van der Waals surface area contributed by atoms with Crippen molar-refractivity contribution in [2.75, 3.05) is 0 Å². The van der Waals surface area contributed by atoms with Crippen molar-refractivity contribution in [3.8, 4) is 0 Å². The first-order chi connectivity index (χ1) is 8.24. The van der Waals surface area contributed by atoms with Crippen molar-refractivity contribution >= 4 is 17.9 Å². The number of hydrogen-bond donors (Lipinski definition) is 0. The van der Waals surface area contributed by atoms with Gasteiger partial charge in [-0.3, -0.25) is 4.79 Å². The Hall–Kier alpha value is -1.61. The number of nitrogens with zero attached hydrogens (tertiary/aromatic N) is 2. The van der Waals surface area contributed by atoms with Gasteiger partial charge in [0.15, 0.2) is 6.29 Å². The van der Waals surface area contributed by atoms with Crippen LogP contribution in [0.3, 0.4) is 0 Å². The van der Waals surface area contributed by atoms with E-state index in [0.29, 0.717) is 10.6 Å². The van der Waals surface area contributed by atoms with E-state index in [-0.39, 0.29) is 0 Å². The minimum Gasteiger partial charge on any atom is -0.335 e. The molecule has 3 nitrogen and oxygen atoms in total. The molecule has 0 N–H and O–H groups in total. The number of aldehydes is 1. The summed E-state index contributed by atoms with van der Waals surface area (Å²) in [4.78, 5) is 15.0. The molecule has 1 aromatic heterocycles. The molecule has 0 aliphatic heterocycles. The topological polar surface area (TPSA) is 34.9 Å². The molecule has 4 heteroatoms. The maximum absolute atomic E-state index is 10.7. The molecule has 0 aliphatic rings. The normalized spacial score (nSPS) is 10.5. The first kappa shape index (κ1) is 11.9. The Balaban J connectivity index is 2.24. The van der Waals surface area contributed by atoms with Gasteiger partial charge in [0.25, 0.3) is 0 Å². The highest BCUT2D eigenvalue weighted by Gasteiger charge is 2.05. The lowest BCUT2D eigenvalue weighted by atomic mass is 10.1. The molecule has 0 aliphatic carbocycles. The first-order valence-electron chi connectivity index (χ1n) is 5.48. The summed E-state index contributed by atoms with van der Waals surface area (Å²) < 4.78 is 2.08. The van der Waals surface area contributed by atoms with Gasteiger partial charge in [-0.05, 0) is 24.6 Å². The lowest BCUT2D eigenvalue weighted by Crippen LogP contribution is -2.02. The van der Waals surface area contributed by atoms with Crippen LogP contribution in [0.15, 0.2) is 30.6 Å². The fourth-order valence-corrected chi connectivity index (χ4v) is 2.00. The molecule has 0 saturated carbocycles.